The highest BCUT2D eigenvalue weighted by atomic mass is 35.5. The normalized spacial score (nSPS) is 18.5. The third-order valence-corrected chi connectivity index (χ3v) is 4.00. The van der Waals surface area contributed by atoms with Gasteiger partial charge in [-0.2, -0.15) is 9.90 Å². The maximum Gasteiger partial charge on any atom is 0.276 e. The molecule has 2 N–H and O–H groups in total. The molecule has 0 radical (unpaired) electrons. The highest BCUT2D eigenvalue weighted by molar-refractivity contribution is 6.30. The molecular weight excluding hydrogens is 302 g/mol. The number of nitrogens with two attached hydrogens (primary N) is 1. The largest absolute Gasteiger partial charge is 0.336 e. The van der Waals surface area contributed by atoms with Crippen molar-refractivity contribution in [2.45, 2.75) is 25.8 Å². The van der Waals surface area contributed by atoms with E-state index in [1.54, 1.807) is 24.0 Å². The van der Waals surface area contributed by atoms with Crippen LogP contribution in [0.15, 0.2) is 24.3 Å². The van der Waals surface area contributed by atoms with Crippen molar-refractivity contribution in [1.29, 1.82) is 0 Å². The number of carbonyl (C=O) groups is 1. The first kappa shape index (κ1) is 15.0. The van der Waals surface area contributed by atoms with Crippen LogP contribution in [-0.2, 0) is 0 Å². The topological polar surface area (TPSA) is 77.0 Å². The van der Waals surface area contributed by atoms with Crippen molar-refractivity contribution in [3.63, 3.8) is 0 Å². The third kappa shape index (κ3) is 2.98. The van der Waals surface area contributed by atoms with Gasteiger partial charge in [-0.25, -0.2) is 0 Å². The van der Waals surface area contributed by atoms with E-state index in [0.717, 1.165) is 25.1 Å². The first-order valence-corrected chi connectivity index (χ1v) is 7.67. The number of hydrogen-bond donors (Lipinski definition) is 1. The van der Waals surface area contributed by atoms with Gasteiger partial charge < -0.3 is 10.6 Å². The molecule has 0 unspecified atom stereocenters. The van der Waals surface area contributed by atoms with Crippen molar-refractivity contribution in [2.75, 3.05) is 13.1 Å². The van der Waals surface area contributed by atoms with Crippen LogP contribution in [0.1, 0.15) is 29.0 Å². The summed E-state index contributed by atoms with van der Waals surface area (Å²) in [5.74, 6) is -0.110. The van der Waals surface area contributed by atoms with Crippen LogP contribution in [0.4, 0.5) is 0 Å². The number of rotatable bonds is 2. The zero-order valence-electron chi connectivity index (χ0n) is 12.4. The van der Waals surface area contributed by atoms with Crippen LogP contribution in [0.3, 0.4) is 0 Å². The molecule has 2 heterocycles. The van der Waals surface area contributed by atoms with Gasteiger partial charge in [0.15, 0.2) is 5.69 Å². The molecule has 2 aromatic rings. The zero-order chi connectivity index (χ0) is 15.7. The molecule has 0 spiro atoms. The molecule has 1 fully saturated rings. The molecule has 22 heavy (non-hydrogen) atoms. The van der Waals surface area contributed by atoms with Gasteiger partial charge in [0, 0.05) is 24.2 Å². The summed E-state index contributed by atoms with van der Waals surface area (Å²) in [4.78, 5) is 15.8. The molecule has 7 heteroatoms. The number of amides is 1. The number of halogens is 1. The Bertz CT molecular complexity index is 699. The molecule has 3 rings (SSSR count). The van der Waals surface area contributed by atoms with Gasteiger partial charge in [0.2, 0.25) is 0 Å². The van der Waals surface area contributed by atoms with E-state index in [0.29, 0.717) is 23.0 Å². The Kier molecular flexibility index (Phi) is 4.13. The van der Waals surface area contributed by atoms with E-state index in [9.17, 15) is 4.79 Å². The van der Waals surface area contributed by atoms with Crippen LogP contribution < -0.4 is 5.73 Å². The molecule has 1 aliphatic heterocycles. The minimum Gasteiger partial charge on any atom is -0.336 e. The van der Waals surface area contributed by atoms with Gasteiger partial charge in [-0.3, -0.25) is 4.79 Å². The Balaban J connectivity index is 1.87. The lowest BCUT2D eigenvalue weighted by atomic mass is 10.1. The molecule has 1 aromatic heterocycles. The second kappa shape index (κ2) is 6.06. The number of likely N-dealkylation sites (tertiary alicyclic amines) is 1. The number of carbonyl (C=O) groups excluding carboxylic acids is 1. The van der Waals surface area contributed by atoms with Crippen molar-refractivity contribution in [3.8, 4) is 5.69 Å². The summed E-state index contributed by atoms with van der Waals surface area (Å²) in [5, 5.41) is 9.26. The smallest absolute Gasteiger partial charge is 0.276 e. The second-order valence-electron chi connectivity index (χ2n) is 5.56. The lowest BCUT2D eigenvalue weighted by Crippen LogP contribution is -2.46. The fourth-order valence-corrected chi connectivity index (χ4v) is 2.82. The van der Waals surface area contributed by atoms with Gasteiger partial charge in [0.05, 0.1) is 11.4 Å². The monoisotopic (exact) mass is 319 g/mol. The lowest BCUT2D eigenvalue weighted by Gasteiger charge is -2.30. The quantitative estimate of drug-likeness (QED) is 0.915. The number of benzene rings is 1. The molecule has 1 aromatic carbocycles. The standard InChI is InChI=1S/C15H18ClN5O/c1-10-14(15(22)20-7-3-5-12(17)9-20)19-21(18-10)13-6-2-4-11(16)8-13/h2,4,6,8,12H,3,5,7,9,17H2,1H3/t12-/m1/s1. The summed E-state index contributed by atoms with van der Waals surface area (Å²) in [6.45, 7) is 3.07. The Morgan fingerprint density at radius 2 is 2.23 bits per heavy atom. The van der Waals surface area contributed by atoms with Crippen LogP contribution in [0, 0.1) is 6.92 Å². The predicted molar refractivity (Wildman–Crippen MR) is 84.2 cm³/mol. The maximum absolute atomic E-state index is 12.6. The van der Waals surface area contributed by atoms with Crippen molar-refractivity contribution in [1.82, 2.24) is 19.9 Å². The van der Waals surface area contributed by atoms with Gasteiger partial charge in [-0.05, 0) is 38.0 Å². The van der Waals surface area contributed by atoms with Crippen molar-refractivity contribution < 1.29 is 4.79 Å². The molecule has 1 atom stereocenters. The number of hydrogen-bond acceptors (Lipinski definition) is 4. The minimum absolute atomic E-state index is 0.0426. The molecule has 116 valence electrons. The first-order valence-electron chi connectivity index (χ1n) is 7.29. The second-order valence-corrected chi connectivity index (χ2v) is 5.99. The van der Waals surface area contributed by atoms with Gasteiger partial charge >= 0.3 is 0 Å². The van der Waals surface area contributed by atoms with Gasteiger partial charge in [0.25, 0.3) is 5.91 Å². The minimum atomic E-state index is -0.110. The number of aryl methyl sites for hydroxylation is 1. The molecule has 0 bridgehead atoms. The van der Waals surface area contributed by atoms with E-state index in [1.807, 2.05) is 12.1 Å². The summed E-state index contributed by atoms with van der Waals surface area (Å²) in [7, 11) is 0. The van der Waals surface area contributed by atoms with Crippen LogP contribution in [0.2, 0.25) is 5.02 Å². The Labute approximate surface area is 133 Å². The average molecular weight is 320 g/mol. The Morgan fingerprint density at radius 3 is 2.95 bits per heavy atom. The fraction of sp³-hybridized carbons (Fsp3) is 0.400. The van der Waals surface area contributed by atoms with E-state index in [2.05, 4.69) is 10.2 Å². The van der Waals surface area contributed by atoms with Gasteiger partial charge in [0.1, 0.15) is 0 Å². The third-order valence-electron chi connectivity index (χ3n) is 3.77. The number of nitrogens with zero attached hydrogens (tertiary/aromatic N) is 4. The highest BCUT2D eigenvalue weighted by Crippen LogP contribution is 2.17. The van der Waals surface area contributed by atoms with E-state index >= 15 is 0 Å². The number of aromatic nitrogens is 3. The summed E-state index contributed by atoms with van der Waals surface area (Å²) in [5.41, 5.74) is 7.64. The van der Waals surface area contributed by atoms with Crippen LogP contribution >= 0.6 is 11.6 Å². The van der Waals surface area contributed by atoms with Crippen LogP contribution in [0.5, 0.6) is 0 Å². The fourth-order valence-electron chi connectivity index (χ4n) is 2.64. The Morgan fingerprint density at radius 1 is 1.41 bits per heavy atom. The van der Waals surface area contributed by atoms with Gasteiger partial charge in [-0.15, -0.1) is 5.10 Å². The predicted octanol–water partition coefficient (Wildman–Crippen LogP) is 1.79. The zero-order valence-corrected chi connectivity index (χ0v) is 13.1. The van der Waals surface area contributed by atoms with Crippen LogP contribution in [-0.4, -0.2) is 44.9 Å². The first-order chi connectivity index (χ1) is 10.5. The van der Waals surface area contributed by atoms with E-state index < -0.39 is 0 Å². The summed E-state index contributed by atoms with van der Waals surface area (Å²) >= 11 is 5.98. The lowest BCUT2D eigenvalue weighted by molar-refractivity contribution is 0.0701. The molecule has 0 aliphatic carbocycles. The van der Waals surface area contributed by atoms with E-state index in [4.69, 9.17) is 17.3 Å². The van der Waals surface area contributed by atoms with E-state index in [-0.39, 0.29) is 11.9 Å². The highest BCUT2D eigenvalue weighted by Gasteiger charge is 2.26. The summed E-state index contributed by atoms with van der Waals surface area (Å²) in [6.07, 6.45) is 1.88. The molecule has 1 aliphatic rings. The molecule has 1 amide bonds. The van der Waals surface area contributed by atoms with E-state index in [1.165, 1.54) is 4.80 Å². The molecule has 1 saturated heterocycles. The van der Waals surface area contributed by atoms with Crippen molar-refractivity contribution in [2.24, 2.45) is 5.73 Å². The van der Waals surface area contributed by atoms with Crippen LogP contribution in [0.25, 0.3) is 5.69 Å². The van der Waals surface area contributed by atoms with Crippen molar-refractivity contribution in [3.05, 3.63) is 40.7 Å². The number of piperidine rings is 1. The summed E-state index contributed by atoms with van der Waals surface area (Å²) in [6, 6.07) is 7.24. The van der Waals surface area contributed by atoms with Crippen molar-refractivity contribution >= 4 is 17.5 Å². The van der Waals surface area contributed by atoms with Gasteiger partial charge in [-0.1, -0.05) is 17.7 Å². The maximum atomic E-state index is 12.6. The molecule has 0 saturated carbocycles. The summed E-state index contributed by atoms with van der Waals surface area (Å²) < 4.78 is 0. The Hall–Kier alpha value is -1.92. The SMILES string of the molecule is Cc1nn(-c2cccc(Cl)c2)nc1C(=O)N1CCC[C@@H](N)C1. The molecule has 6 nitrogen and oxygen atoms in total. The average Bonchev–Trinajstić information content (AvgIpc) is 2.88. The molecular formula is C15H18ClN5O.